The highest BCUT2D eigenvalue weighted by molar-refractivity contribution is 6.32. The highest BCUT2D eigenvalue weighted by Crippen LogP contribution is 2.18. The summed E-state index contributed by atoms with van der Waals surface area (Å²) in [6.07, 6.45) is 0.732. The van der Waals surface area contributed by atoms with E-state index in [1.54, 1.807) is 6.07 Å². The van der Waals surface area contributed by atoms with Gasteiger partial charge in [-0.1, -0.05) is 18.5 Å². The Morgan fingerprint density at radius 1 is 1.71 bits per heavy atom. The monoisotopic (exact) mass is 214 g/mol. The van der Waals surface area contributed by atoms with E-state index in [0.717, 1.165) is 6.42 Å². The number of halogens is 1. The highest BCUT2D eigenvalue weighted by atomic mass is 35.5. The molecule has 0 amide bonds. The Bertz CT molecular complexity index is 355. The minimum absolute atomic E-state index is 0.00119. The van der Waals surface area contributed by atoms with E-state index in [4.69, 9.17) is 22.4 Å². The van der Waals surface area contributed by atoms with Gasteiger partial charge in [0.25, 0.3) is 0 Å². The lowest BCUT2D eigenvalue weighted by Crippen LogP contribution is -2.11. The smallest absolute Gasteiger partial charge is 0.338 e. The fraction of sp³-hybridized carbons (Fsp3) is 0.333. The molecule has 0 bridgehead atoms. The number of aromatic nitrogens is 1. The maximum atomic E-state index is 10.6. The second-order valence-corrected chi connectivity index (χ2v) is 3.25. The lowest BCUT2D eigenvalue weighted by atomic mass is 10.1. The molecule has 1 heterocycles. The molecule has 0 aliphatic rings. The number of pyridine rings is 1. The lowest BCUT2D eigenvalue weighted by molar-refractivity contribution is 0.0696. The second-order valence-electron chi connectivity index (χ2n) is 2.89. The molecule has 0 aliphatic carbocycles. The van der Waals surface area contributed by atoms with Crippen molar-refractivity contribution in [1.82, 2.24) is 4.98 Å². The van der Waals surface area contributed by atoms with Gasteiger partial charge in [-0.05, 0) is 18.6 Å². The number of nitrogens with zero attached hydrogens (tertiary/aromatic N) is 1. The van der Waals surface area contributed by atoms with Crippen LogP contribution in [0.25, 0.3) is 0 Å². The molecule has 0 spiro atoms. The predicted octanol–water partition coefficient (Wildman–Crippen LogP) is 1.84. The molecule has 0 radical (unpaired) electrons. The van der Waals surface area contributed by atoms with Crippen LogP contribution in [0.5, 0.6) is 0 Å². The van der Waals surface area contributed by atoms with E-state index in [0.29, 0.717) is 5.69 Å². The van der Waals surface area contributed by atoms with Gasteiger partial charge >= 0.3 is 5.97 Å². The number of nitrogens with two attached hydrogens (primary N) is 1. The number of hydrogen-bond donors (Lipinski definition) is 2. The van der Waals surface area contributed by atoms with Gasteiger partial charge in [-0.25, -0.2) is 9.78 Å². The zero-order chi connectivity index (χ0) is 10.7. The van der Waals surface area contributed by atoms with Crippen molar-refractivity contribution < 1.29 is 9.90 Å². The van der Waals surface area contributed by atoms with E-state index in [9.17, 15) is 4.79 Å². The van der Waals surface area contributed by atoms with Crippen LogP contribution in [-0.4, -0.2) is 16.1 Å². The van der Waals surface area contributed by atoms with E-state index in [-0.39, 0.29) is 16.8 Å². The summed E-state index contributed by atoms with van der Waals surface area (Å²) < 4.78 is 0. The normalized spacial score (nSPS) is 12.5. The number of carbonyl (C=O) groups is 1. The maximum Gasteiger partial charge on any atom is 0.338 e. The molecule has 1 rings (SSSR count). The van der Waals surface area contributed by atoms with E-state index in [1.807, 2.05) is 6.92 Å². The van der Waals surface area contributed by atoms with Crippen LogP contribution < -0.4 is 5.73 Å². The van der Waals surface area contributed by atoms with E-state index >= 15 is 0 Å². The summed E-state index contributed by atoms with van der Waals surface area (Å²) in [7, 11) is 0. The molecule has 3 N–H and O–H groups in total. The maximum absolute atomic E-state index is 10.6. The summed E-state index contributed by atoms with van der Waals surface area (Å²) in [6.45, 7) is 1.92. The Hall–Kier alpha value is -1.13. The van der Waals surface area contributed by atoms with Crippen LogP contribution in [0.1, 0.15) is 35.4 Å². The van der Waals surface area contributed by atoms with Crippen LogP contribution in [-0.2, 0) is 0 Å². The van der Waals surface area contributed by atoms with Crippen molar-refractivity contribution in [3.63, 3.8) is 0 Å². The Morgan fingerprint density at radius 2 is 2.36 bits per heavy atom. The molecule has 0 aliphatic heterocycles. The van der Waals surface area contributed by atoms with Crippen molar-refractivity contribution in [3.8, 4) is 0 Å². The van der Waals surface area contributed by atoms with Crippen LogP contribution in [0.2, 0.25) is 5.15 Å². The van der Waals surface area contributed by atoms with Gasteiger partial charge in [-0.15, -0.1) is 0 Å². The van der Waals surface area contributed by atoms with Gasteiger partial charge in [0.1, 0.15) is 5.15 Å². The number of rotatable bonds is 3. The second kappa shape index (κ2) is 4.39. The highest BCUT2D eigenvalue weighted by Gasteiger charge is 2.12. The van der Waals surface area contributed by atoms with Crippen molar-refractivity contribution in [3.05, 3.63) is 28.5 Å². The minimum atomic E-state index is -1.08. The van der Waals surface area contributed by atoms with E-state index < -0.39 is 5.97 Å². The summed E-state index contributed by atoms with van der Waals surface area (Å²) in [6, 6.07) is 2.81. The molecule has 0 saturated heterocycles. The van der Waals surface area contributed by atoms with Gasteiger partial charge in [0, 0.05) is 6.04 Å². The lowest BCUT2D eigenvalue weighted by Gasteiger charge is -2.08. The van der Waals surface area contributed by atoms with Gasteiger partial charge in [0.05, 0.1) is 11.3 Å². The average Bonchev–Trinajstić information content (AvgIpc) is 2.15. The molecule has 76 valence electrons. The molecule has 0 fully saturated rings. The van der Waals surface area contributed by atoms with E-state index in [1.165, 1.54) is 6.07 Å². The quantitative estimate of drug-likeness (QED) is 0.753. The van der Waals surface area contributed by atoms with Crippen molar-refractivity contribution in [2.24, 2.45) is 5.73 Å². The third-order valence-electron chi connectivity index (χ3n) is 1.92. The third kappa shape index (κ3) is 2.21. The summed E-state index contributed by atoms with van der Waals surface area (Å²) in [4.78, 5) is 14.5. The molecule has 14 heavy (non-hydrogen) atoms. The largest absolute Gasteiger partial charge is 0.478 e. The van der Waals surface area contributed by atoms with Gasteiger partial charge in [0.15, 0.2) is 0 Å². The fourth-order valence-electron chi connectivity index (χ4n) is 1.02. The van der Waals surface area contributed by atoms with Crippen molar-refractivity contribution in [2.75, 3.05) is 0 Å². The topological polar surface area (TPSA) is 76.2 Å². The average molecular weight is 215 g/mol. The molecule has 5 heteroatoms. The molecular formula is C9H11ClN2O2. The molecule has 1 aromatic rings. The molecule has 0 saturated carbocycles. The first kappa shape index (κ1) is 10.9. The first-order valence-corrected chi connectivity index (χ1v) is 4.59. The van der Waals surface area contributed by atoms with Crippen LogP contribution >= 0.6 is 11.6 Å². The molecule has 0 aromatic carbocycles. The van der Waals surface area contributed by atoms with Crippen LogP contribution in [0.15, 0.2) is 12.1 Å². The number of carboxylic acids is 1. The molecule has 1 atom stereocenters. The van der Waals surface area contributed by atoms with Crippen molar-refractivity contribution >= 4 is 17.6 Å². The standard InChI is InChI=1S/C9H11ClN2O2/c1-2-6(11)7-4-3-5(9(13)14)8(10)12-7/h3-4,6H,2,11H2,1H3,(H,13,14)/t6-/m1/s1. The summed E-state index contributed by atoms with van der Waals surface area (Å²) in [5.41, 5.74) is 6.33. The van der Waals surface area contributed by atoms with Crippen LogP contribution in [0.3, 0.4) is 0 Å². The van der Waals surface area contributed by atoms with Crippen molar-refractivity contribution in [2.45, 2.75) is 19.4 Å². The summed E-state index contributed by atoms with van der Waals surface area (Å²) >= 11 is 5.68. The Morgan fingerprint density at radius 3 is 2.79 bits per heavy atom. The number of aromatic carboxylic acids is 1. The first-order chi connectivity index (χ1) is 6.56. The van der Waals surface area contributed by atoms with Gasteiger partial charge < -0.3 is 10.8 Å². The first-order valence-electron chi connectivity index (χ1n) is 4.21. The Kier molecular flexibility index (Phi) is 3.43. The summed E-state index contributed by atoms with van der Waals surface area (Å²) in [5.74, 6) is -1.08. The van der Waals surface area contributed by atoms with E-state index in [2.05, 4.69) is 4.98 Å². The predicted molar refractivity (Wildman–Crippen MR) is 53.4 cm³/mol. The summed E-state index contributed by atoms with van der Waals surface area (Å²) in [5, 5.41) is 8.68. The molecule has 4 nitrogen and oxygen atoms in total. The third-order valence-corrected chi connectivity index (χ3v) is 2.21. The SMILES string of the molecule is CC[C@@H](N)c1ccc(C(=O)O)c(Cl)n1. The van der Waals surface area contributed by atoms with Gasteiger partial charge in [-0.3, -0.25) is 0 Å². The molecular weight excluding hydrogens is 204 g/mol. The van der Waals surface area contributed by atoms with Crippen LogP contribution in [0.4, 0.5) is 0 Å². The van der Waals surface area contributed by atoms with Gasteiger partial charge in [-0.2, -0.15) is 0 Å². The van der Waals surface area contributed by atoms with Crippen LogP contribution in [0, 0.1) is 0 Å². The zero-order valence-corrected chi connectivity index (χ0v) is 8.45. The van der Waals surface area contributed by atoms with Crippen molar-refractivity contribution in [1.29, 1.82) is 0 Å². The minimum Gasteiger partial charge on any atom is -0.478 e. The van der Waals surface area contributed by atoms with Gasteiger partial charge in [0.2, 0.25) is 0 Å². The number of carboxylic acid groups (broad SMARTS) is 1. The fourth-order valence-corrected chi connectivity index (χ4v) is 1.26. The molecule has 1 aromatic heterocycles. The zero-order valence-electron chi connectivity index (χ0n) is 7.70. The Labute approximate surface area is 86.7 Å². The Balaban J connectivity index is 3.06. The number of hydrogen-bond acceptors (Lipinski definition) is 3. The molecule has 0 unspecified atom stereocenters.